The monoisotopic (exact) mass is 333 g/mol. The molecule has 2 aromatic carbocycles. The van der Waals surface area contributed by atoms with Crippen LogP contribution in [0.1, 0.15) is 32.8 Å². The molecule has 0 unspecified atom stereocenters. The van der Waals surface area contributed by atoms with E-state index in [0.717, 1.165) is 16.7 Å². The summed E-state index contributed by atoms with van der Waals surface area (Å²) in [5.74, 6) is -0.104. The van der Waals surface area contributed by atoms with Crippen molar-refractivity contribution in [1.29, 1.82) is 0 Å². The molecule has 3 rings (SSSR count). The molecule has 1 heterocycles. The van der Waals surface area contributed by atoms with E-state index in [9.17, 15) is 9.59 Å². The topological polar surface area (TPSA) is 74.8 Å². The number of amides is 1. The van der Waals surface area contributed by atoms with Crippen LogP contribution in [0.5, 0.6) is 0 Å². The highest BCUT2D eigenvalue weighted by Crippen LogP contribution is 2.25. The maximum atomic E-state index is 12.2. The van der Waals surface area contributed by atoms with Crippen molar-refractivity contribution in [2.75, 3.05) is 7.05 Å². The summed E-state index contributed by atoms with van der Waals surface area (Å²) in [5, 5.41) is 2.68. The van der Waals surface area contributed by atoms with Gasteiger partial charge in [-0.3, -0.25) is 9.59 Å². The number of aromatic amines is 1. The van der Waals surface area contributed by atoms with E-state index < -0.39 is 0 Å². The van der Waals surface area contributed by atoms with Gasteiger partial charge in [0.15, 0.2) is 5.78 Å². The van der Waals surface area contributed by atoms with E-state index in [1.807, 2.05) is 48.5 Å². The Balaban J connectivity index is 1.86. The van der Waals surface area contributed by atoms with Crippen molar-refractivity contribution in [3.63, 3.8) is 0 Å². The van der Waals surface area contributed by atoms with Crippen LogP contribution >= 0.6 is 0 Å². The van der Waals surface area contributed by atoms with Gasteiger partial charge < -0.3 is 10.3 Å². The van der Waals surface area contributed by atoms with E-state index >= 15 is 0 Å². The first kappa shape index (κ1) is 16.6. The molecule has 5 nitrogen and oxygen atoms in total. The molecule has 0 fully saturated rings. The number of aryl methyl sites for hydroxylation is 1. The van der Waals surface area contributed by atoms with E-state index in [0.29, 0.717) is 24.1 Å². The van der Waals surface area contributed by atoms with Crippen LogP contribution in [-0.4, -0.2) is 28.7 Å². The van der Waals surface area contributed by atoms with Crippen molar-refractivity contribution in [3.8, 4) is 11.1 Å². The molecule has 0 bridgehead atoms. The molecule has 1 aromatic heterocycles. The molecule has 0 aliphatic heterocycles. The molecule has 0 atom stereocenters. The minimum Gasteiger partial charge on any atom is -0.355 e. The van der Waals surface area contributed by atoms with Gasteiger partial charge in [-0.15, -0.1) is 0 Å². The maximum Gasteiger partial charge on any atom is 0.251 e. The van der Waals surface area contributed by atoms with Crippen LogP contribution in [0.2, 0.25) is 0 Å². The lowest BCUT2D eigenvalue weighted by Gasteiger charge is -2.11. The Morgan fingerprint density at radius 2 is 1.92 bits per heavy atom. The highest BCUT2D eigenvalue weighted by Gasteiger charge is 2.13. The number of carbonyl (C=O) groups is 2. The summed E-state index contributed by atoms with van der Waals surface area (Å²) in [6.45, 7) is 0. The van der Waals surface area contributed by atoms with Crippen LogP contribution in [0.3, 0.4) is 0 Å². The van der Waals surface area contributed by atoms with Gasteiger partial charge in [0.1, 0.15) is 5.69 Å². The molecule has 0 radical (unpaired) electrons. The van der Waals surface area contributed by atoms with Gasteiger partial charge in [-0.1, -0.05) is 42.5 Å². The van der Waals surface area contributed by atoms with Gasteiger partial charge in [0.05, 0.1) is 12.5 Å². The maximum absolute atomic E-state index is 12.2. The Labute approximate surface area is 146 Å². The quantitative estimate of drug-likeness (QED) is 0.680. The van der Waals surface area contributed by atoms with E-state index in [1.165, 1.54) is 12.5 Å². The Hall–Kier alpha value is -3.21. The number of aromatic nitrogens is 2. The van der Waals surface area contributed by atoms with Gasteiger partial charge in [0.2, 0.25) is 0 Å². The predicted molar refractivity (Wildman–Crippen MR) is 96.5 cm³/mol. The van der Waals surface area contributed by atoms with E-state index in [-0.39, 0.29) is 11.7 Å². The number of imidazole rings is 1. The lowest BCUT2D eigenvalue weighted by molar-refractivity contribution is 0.0959. The first-order chi connectivity index (χ1) is 12.2. The van der Waals surface area contributed by atoms with Crippen molar-refractivity contribution in [1.82, 2.24) is 15.3 Å². The van der Waals surface area contributed by atoms with Gasteiger partial charge in [-0.25, -0.2) is 4.98 Å². The SMILES string of the molecule is CNC(=O)c1ccc(CCC(=O)c2cnc[nH]2)cc1-c1ccccc1. The zero-order valence-electron chi connectivity index (χ0n) is 14.0. The fraction of sp³-hybridized carbons (Fsp3) is 0.150. The summed E-state index contributed by atoms with van der Waals surface area (Å²) >= 11 is 0. The van der Waals surface area contributed by atoms with Crippen molar-refractivity contribution in [3.05, 3.63) is 77.9 Å². The molecule has 25 heavy (non-hydrogen) atoms. The summed E-state index contributed by atoms with van der Waals surface area (Å²) in [6.07, 6.45) is 4.02. The molecule has 1 amide bonds. The van der Waals surface area contributed by atoms with Crippen molar-refractivity contribution in [2.24, 2.45) is 0 Å². The third-order valence-corrected chi connectivity index (χ3v) is 4.08. The Bertz CT molecular complexity index is 871. The predicted octanol–water partition coefficient (Wildman–Crippen LogP) is 3.25. The summed E-state index contributed by atoms with van der Waals surface area (Å²) < 4.78 is 0. The van der Waals surface area contributed by atoms with E-state index in [1.54, 1.807) is 7.05 Å². The van der Waals surface area contributed by atoms with Crippen molar-refractivity contribution >= 4 is 11.7 Å². The van der Waals surface area contributed by atoms with Crippen LogP contribution in [0.25, 0.3) is 11.1 Å². The number of hydrogen-bond donors (Lipinski definition) is 2. The number of ketones is 1. The summed E-state index contributed by atoms with van der Waals surface area (Å²) in [4.78, 5) is 31.0. The van der Waals surface area contributed by atoms with Crippen LogP contribution < -0.4 is 5.32 Å². The summed E-state index contributed by atoms with van der Waals surface area (Å²) in [5.41, 5.74) is 4.00. The average molecular weight is 333 g/mol. The van der Waals surface area contributed by atoms with Gasteiger partial charge in [-0.2, -0.15) is 0 Å². The van der Waals surface area contributed by atoms with Gasteiger partial charge >= 0.3 is 0 Å². The van der Waals surface area contributed by atoms with Crippen molar-refractivity contribution < 1.29 is 9.59 Å². The minimum atomic E-state index is -0.126. The smallest absolute Gasteiger partial charge is 0.251 e. The second kappa shape index (κ2) is 7.57. The van der Waals surface area contributed by atoms with Crippen LogP contribution in [-0.2, 0) is 6.42 Å². The first-order valence-corrected chi connectivity index (χ1v) is 8.11. The van der Waals surface area contributed by atoms with Gasteiger partial charge in [0, 0.05) is 19.0 Å². The van der Waals surface area contributed by atoms with Crippen LogP contribution in [0, 0.1) is 0 Å². The number of rotatable bonds is 6. The molecular weight excluding hydrogens is 314 g/mol. The zero-order valence-corrected chi connectivity index (χ0v) is 14.0. The largest absolute Gasteiger partial charge is 0.355 e. The summed E-state index contributed by atoms with van der Waals surface area (Å²) in [7, 11) is 1.62. The molecule has 0 saturated heterocycles. The Morgan fingerprint density at radius 1 is 1.12 bits per heavy atom. The number of carbonyl (C=O) groups excluding carboxylic acids is 2. The molecule has 5 heteroatoms. The van der Waals surface area contributed by atoms with Crippen molar-refractivity contribution in [2.45, 2.75) is 12.8 Å². The summed E-state index contributed by atoms with van der Waals surface area (Å²) in [6, 6.07) is 15.5. The normalized spacial score (nSPS) is 10.4. The molecule has 0 saturated carbocycles. The zero-order chi connectivity index (χ0) is 17.6. The number of Topliss-reactive ketones (excluding diaryl/α,β-unsaturated/α-hetero) is 1. The molecule has 2 N–H and O–H groups in total. The number of hydrogen-bond acceptors (Lipinski definition) is 3. The van der Waals surface area contributed by atoms with Gasteiger partial charge in [0.25, 0.3) is 5.91 Å². The fourth-order valence-electron chi connectivity index (χ4n) is 2.74. The first-order valence-electron chi connectivity index (χ1n) is 8.11. The lowest BCUT2D eigenvalue weighted by Crippen LogP contribution is -2.18. The number of benzene rings is 2. The second-order valence-electron chi connectivity index (χ2n) is 5.71. The molecule has 0 spiro atoms. The highest BCUT2D eigenvalue weighted by atomic mass is 16.1. The lowest BCUT2D eigenvalue weighted by atomic mass is 9.95. The molecule has 126 valence electrons. The van der Waals surface area contributed by atoms with Gasteiger partial charge in [-0.05, 0) is 29.2 Å². The van der Waals surface area contributed by atoms with E-state index in [4.69, 9.17) is 0 Å². The van der Waals surface area contributed by atoms with E-state index in [2.05, 4.69) is 15.3 Å². The Morgan fingerprint density at radius 3 is 2.60 bits per heavy atom. The van der Waals surface area contributed by atoms with Crippen LogP contribution in [0.15, 0.2) is 61.1 Å². The third kappa shape index (κ3) is 3.83. The fourth-order valence-corrected chi connectivity index (χ4v) is 2.74. The minimum absolute atomic E-state index is 0.0224. The molecular formula is C20H19N3O2. The Kier molecular flexibility index (Phi) is 5.04. The standard InChI is InChI=1S/C20H19N3O2/c1-21-20(25)16-9-7-14(8-10-19(24)18-12-22-13-23-18)11-17(16)15-5-3-2-4-6-15/h2-7,9,11-13H,8,10H2,1H3,(H,21,25)(H,22,23). The number of nitrogens with zero attached hydrogens (tertiary/aromatic N) is 1. The third-order valence-electron chi connectivity index (χ3n) is 4.08. The average Bonchev–Trinajstić information content (AvgIpc) is 3.21. The number of nitrogens with one attached hydrogen (secondary N) is 2. The molecule has 0 aliphatic rings. The second-order valence-corrected chi connectivity index (χ2v) is 5.71. The molecule has 0 aliphatic carbocycles. The number of H-pyrrole nitrogens is 1. The van der Waals surface area contributed by atoms with Crippen LogP contribution in [0.4, 0.5) is 0 Å². The molecule has 3 aromatic rings. The highest BCUT2D eigenvalue weighted by molar-refractivity contribution is 6.01.